The Morgan fingerprint density at radius 2 is 1.74 bits per heavy atom. The van der Waals surface area contributed by atoms with Crippen molar-refractivity contribution >= 4 is 25.7 Å². The number of nitrogens with zero attached hydrogens (tertiary/aromatic N) is 1. The molecule has 1 heterocycles. The average Bonchev–Trinajstić information content (AvgIpc) is 2.62. The highest BCUT2D eigenvalue weighted by Crippen LogP contribution is 2.25. The van der Waals surface area contributed by atoms with Gasteiger partial charge in [-0.25, -0.2) is 21.2 Å². The molecule has 2 aromatic carbocycles. The Bertz CT molecular complexity index is 1020. The highest BCUT2D eigenvalue weighted by molar-refractivity contribution is 7.92. The lowest BCUT2D eigenvalue weighted by atomic mass is 10.0. The summed E-state index contributed by atoms with van der Waals surface area (Å²) >= 11 is 0. The van der Waals surface area contributed by atoms with E-state index in [1.54, 1.807) is 0 Å². The van der Waals surface area contributed by atoms with Gasteiger partial charge in [-0.3, -0.25) is 4.72 Å². The Kier molecular flexibility index (Phi) is 5.55. The number of anilines is 1. The Balaban J connectivity index is 1.79. The number of hydrogen-bond donors (Lipinski definition) is 1. The zero-order valence-corrected chi connectivity index (χ0v) is 16.4. The van der Waals surface area contributed by atoms with Gasteiger partial charge in [0.1, 0.15) is 5.82 Å². The zero-order chi connectivity index (χ0) is 19.7. The second-order valence-electron chi connectivity index (χ2n) is 6.70. The first-order valence-electron chi connectivity index (χ1n) is 8.57. The van der Waals surface area contributed by atoms with E-state index in [1.807, 2.05) is 6.92 Å². The topological polar surface area (TPSA) is 83.6 Å². The standard InChI is InChI=1S/C18H21FN2O4S2/c1-14-4-3-11-21(13-14)27(24,25)17-9-7-16(8-10-17)20-26(22,23)18-6-2-5-15(19)12-18/h2,5-10,12,14,20H,3-4,11,13H2,1H3/t14-/m0/s1. The number of piperidine rings is 1. The molecule has 6 nitrogen and oxygen atoms in total. The fourth-order valence-electron chi connectivity index (χ4n) is 3.06. The molecule has 0 aliphatic carbocycles. The van der Waals surface area contributed by atoms with Gasteiger partial charge in [0.25, 0.3) is 10.0 Å². The van der Waals surface area contributed by atoms with Crippen molar-refractivity contribution in [1.82, 2.24) is 4.31 Å². The van der Waals surface area contributed by atoms with E-state index in [-0.39, 0.29) is 15.5 Å². The summed E-state index contributed by atoms with van der Waals surface area (Å²) < 4.78 is 67.1. The third kappa shape index (κ3) is 4.48. The van der Waals surface area contributed by atoms with Crippen molar-refractivity contribution in [2.45, 2.75) is 29.6 Å². The monoisotopic (exact) mass is 412 g/mol. The van der Waals surface area contributed by atoms with Gasteiger partial charge in [-0.15, -0.1) is 0 Å². The molecular formula is C18H21FN2O4S2. The van der Waals surface area contributed by atoms with Gasteiger partial charge in [0, 0.05) is 18.8 Å². The Morgan fingerprint density at radius 3 is 2.37 bits per heavy atom. The van der Waals surface area contributed by atoms with E-state index < -0.39 is 25.9 Å². The predicted molar refractivity (Wildman–Crippen MR) is 101 cm³/mol. The second kappa shape index (κ2) is 7.57. The fraction of sp³-hybridized carbons (Fsp3) is 0.333. The third-order valence-electron chi connectivity index (χ3n) is 4.47. The van der Waals surface area contributed by atoms with Crippen LogP contribution in [0.4, 0.5) is 10.1 Å². The number of nitrogens with one attached hydrogen (secondary N) is 1. The Morgan fingerprint density at radius 1 is 1.04 bits per heavy atom. The van der Waals surface area contributed by atoms with Gasteiger partial charge in [0.2, 0.25) is 10.0 Å². The molecule has 1 aliphatic heterocycles. The van der Waals surface area contributed by atoms with Crippen LogP contribution in [0.1, 0.15) is 19.8 Å². The summed E-state index contributed by atoms with van der Waals surface area (Å²) in [5.41, 5.74) is 0.199. The van der Waals surface area contributed by atoms with E-state index in [2.05, 4.69) is 4.72 Å². The van der Waals surface area contributed by atoms with Gasteiger partial charge in [0.05, 0.1) is 9.79 Å². The first-order valence-corrected chi connectivity index (χ1v) is 11.5. The first kappa shape index (κ1) is 19.8. The molecular weight excluding hydrogens is 391 g/mol. The molecule has 1 fully saturated rings. The van der Waals surface area contributed by atoms with E-state index in [4.69, 9.17) is 0 Å². The zero-order valence-electron chi connectivity index (χ0n) is 14.8. The van der Waals surface area contributed by atoms with Crippen molar-refractivity contribution < 1.29 is 21.2 Å². The molecule has 0 unspecified atom stereocenters. The van der Waals surface area contributed by atoms with Crippen LogP contribution < -0.4 is 4.72 Å². The summed E-state index contributed by atoms with van der Waals surface area (Å²) in [6.07, 6.45) is 1.83. The van der Waals surface area contributed by atoms with Crippen LogP contribution in [0.2, 0.25) is 0 Å². The van der Waals surface area contributed by atoms with E-state index in [0.29, 0.717) is 19.0 Å². The van der Waals surface area contributed by atoms with Crippen molar-refractivity contribution in [1.29, 1.82) is 0 Å². The normalized spacial score (nSPS) is 19.0. The van der Waals surface area contributed by atoms with Crippen LogP contribution in [0.3, 0.4) is 0 Å². The van der Waals surface area contributed by atoms with Gasteiger partial charge in [-0.05, 0) is 61.2 Å². The van der Waals surface area contributed by atoms with Crippen molar-refractivity contribution in [3.05, 3.63) is 54.3 Å². The van der Waals surface area contributed by atoms with Crippen LogP contribution in [0, 0.1) is 11.7 Å². The van der Waals surface area contributed by atoms with Crippen LogP contribution >= 0.6 is 0 Å². The number of benzene rings is 2. The molecule has 0 radical (unpaired) electrons. The van der Waals surface area contributed by atoms with Gasteiger partial charge in [-0.2, -0.15) is 4.31 Å². The average molecular weight is 413 g/mol. The SMILES string of the molecule is C[C@H]1CCCN(S(=O)(=O)c2ccc(NS(=O)(=O)c3cccc(F)c3)cc2)C1. The first-order chi connectivity index (χ1) is 12.7. The molecule has 0 saturated carbocycles. The molecule has 3 rings (SSSR count). The number of hydrogen-bond acceptors (Lipinski definition) is 4. The van der Waals surface area contributed by atoms with Gasteiger partial charge >= 0.3 is 0 Å². The molecule has 9 heteroatoms. The molecule has 1 N–H and O–H groups in total. The molecule has 1 aliphatic rings. The summed E-state index contributed by atoms with van der Waals surface area (Å²) in [5.74, 6) is -0.346. The van der Waals surface area contributed by atoms with E-state index >= 15 is 0 Å². The van der Waals surface area contributed by atoms with E-state index in [0.717, 1.165) is 25.0 Å². The molecule has 27 heavy (non-hydrogen) atoms. The van der Waals surface area contributed by atoms with Gasteiger partial charge in [-0.1, -0.05) is 13.0 Å². The molecule has 1 atom stereocenters. The van der Waals surface area contributed by atoms with Crippen LogP contribution in [0.15, 0.2) is 58.3 Å². The Labute approximate surface area is 159 Å². The Hall–Kier alpha value is -1.97. The molecule has 1 saturated heterocycles. The number of halogens is 1. The summed E-state index contributed by atoms with van der Waals surface area (Å²) in [4.78, 5) is -0.0909. The molecule has 146 valence electrons. The van der Waals surface area contributed by atoms with Gasteiger partial charge < -0.3 is 0 Å². The minimum Gasteiger partial charge on any atom is -0.280 e. The highest BCUT2D eigenvalue weighted by atomic mass is 32.2. The van der Waals surface area contributed by atoms with E-state index in [9.17, 15) is 21.2 Å². The summed E-state index contributed by atoms with van der Waals surface area (Å²) in [5, 5.41) is 0. The smallest absolute Gasteiger partial charge is 0.261 e. The quantitative estimate of drug-likeness (QED) is 0.818. The lowest BCUT2D eigenvalue weighted by Crippen LogP contribution is -2.39. The molecule has 0 bridgehead atoms. The van der Waals surface area contributed by atoms with Crippen molar-refractivity contribution in [2.75, 3.05) is 17.8 Å². The van der Waals surface area contributed by atoms with Crippen LogP contribution in [-0.4, -0.2) is 34.2 Å². The van der Waals surface area contributed by atoms with E-state index in [1.165, 1.54) is 40.7 Å². The summed E-state index contributed by atoms with van der Waals surface area (Å²) in [7, 11) is -7.57. The summed E-state index contributed by atoms with van der Waals surface area (Å²) in [6.45, 7) is 2.99. The third-order valence-corrected chi connectivity index (χ3v) is 7.73. The molecule has 0 amide bonds. The molecule has 0 aromatic heterocycles. The lowest BCUT2D eigenvalue weighted by Gasteiger charge is -2.30. The predicted octanol–water partition coefficient (Wildman–Crippen LogP) is 3.05. The minimum atomic E-state index is -3.96. The minimum absolute atomic E-state index is 0.116. The maximum atomic E-state index is 13.3. The fourth-order valence-corrected chi connectivity index (χ4v) is 5.74. The largest absolute Gasteiger partial charge is 0.280 e. The van der Waals surface area contributed by atoms with Crippen molar-refractivity contribution in [3.8, 4) is 0 Å². The maximum Gasteiger partial charge on any atom is 0.261 e. The van der Waals surface area contributed by atoms with Crippen molar-refractivity contribution in [2.24, 2.45) is 5.92 Å². The number of rotatable bonds is 5. The molecule has 2 aromatic rings. The van der Waals surface area contributed by atoms with Gasteiger partial charge in [0.15, 0.2) is 0 Å². The van der Waals surface area contributed by atoms with Crippen molar-refractivity contribution in [3.63, 3.8) is 0 Å². The number of sulfonamides is 2. The summed E-state index contributed by atoms with van der Waals surface area (Å²) in [6, 6.07) is 10.2. The van der Waals surface area contributed by atoms with Crippen LogP contribution in [0.5, 0.6) is 0 Å². The molecule has 0 spiro atoms. The maximum absolute atomic E-state index is 13.3. The lowest BCUT2D eigenvalue weighted by molar-refractivity contribution is 0.281. The van der Waals surface area contributed by atoms with Crippen LogP contribution in [-0.2, 0) is 20.0 Å². The van der Waals surface area contributed by atoms with Crippen LogP contribution in [0.25, 0.3) is 0 Å². The highest BCUT2D eigenvalue weighted by Gasteiger charge is 2.28. The second-order valence-corrected chi connectivity index (χ2v) is 10.3.